The summed E-state index contributed by atoms with van der Waals surface area (Å²) in [6.45, 7) is 14.4. The van der Waals surface area contributed by atoms with E-state index >= 15 is 0 Å². The second-order valence-corrected chi connectivity index (χ2v) is 16.7. The van der Waals surface area contributed by atoms with Crippen molar-refractivity contribution in [1.29, 1.82) is 0 Å². The van der Waals surface area contributed by atoms with Crippen LogP contribution in [0, 0.1) is 0 Å². The monoisotopic (exact) mass is 754 g/mol. The van der Waals surface area contributed by atoms with Gasteiger partial charge in [0.1, 0.15) is 0 Å². The predicted molar refractivity (Wildman–Crippen MR) is 253 cm³/mol. The molecule has 1 atom stereocenters. The first-order valence-corrected chi connectivity index (χ1v) is 20.6. The van der Waals surface area contributed by atoms with Gasteiger partial charge in [0, 0.05) is 23.8 Å². The Hall–Kier alpha value is -6.22. The molecule has 0 aliphatic heterocycles. The molecule has 0 saturated carbocycles. The lowest BCUT2D eigenvalue weighted by Crippen LogP contribution is -2.33. The number of benzene rings is 7. The largest absolute Gasteiger partial charge is 0.328 e. The van der Waals surface area contributed by atoms with Crippen LogP contribution in [-0.4, -0.2) is 25.2 Å². The van der Waals surface area contributed by atoms with E-state index in [1.54, 1.807) is 0 Å². The maximum absolute atomic E-state index is 4.01. The number of hydrogen-bond acceptors (Lipinski definition) is 2. The number of likely N-dealkylation sites (N-methyl/N-ethyl adjacent to an activating group) is 1. The fourth-order valence-electron chi connectivity index (χ4n) is 8.67. The van der Waals surface area contributed by atoms with Crippen molar-refractivity contribution in [3.63, 3.8) is 0 Å². The van der Waals surface area contributed by atoms with Crippen molar-refractivity contribution in [1.82, 2.24) is 4.90 Å². The summed E-state index contributed by atoms with van der Waals surface area (Å²) < 4.78 is 0. The minimum atomic E-state index is 0.0635. The Labute approximate surface area is 344 Å². The minimum absolute atomic E-state index is 0.0635. The zero-order valence-corrected chi connectivity index (χ0v) is 34.6. The van der Waals surface area contributed by atoms with Gasteiger partial charge < -0.3 is 4.90 Å². The smallest absolute Gasteiger partial charge is 0.0757 e. The van der Waals surface area contributed by atoms with E-state index in [-0.39, 0.29) is 11.3 Å². The fraction of sp³-hybridized carbons (Fsp3) is 0.179. The van der Waals surface area contributed by atoms with Crippen LogP contribution < -0.4 is 15.3 Å². The van der Waals surface area contributed by atoms with Gasteiger partial charge in [0.2, 0.25) is 0 Å². The van der Waals surface area contributed by atoms with Crippen LogP contribution in [0.2, 0.25) is 0 Å². The van der Waals surface area contributed by atoms with E-state index in [1.165, 1.54) is 82.0 Å². The molecule has 8 rings (SSSR count). The average Bonchev–Trinajstić information content (AvgIpc) is 3.24. The molecule has 288 valence electrons. The van der Waals surface area contributed by atoms with Crippen LogP contribution in [0.3, 0.4) is 0 Å². The average molecular weight is 755 g/mol. The first-order valence-electron chi connectivity index (χ1n) is 20.6. The Morgan fingerprint density at radius 3 is 2.16 bits per heavy atom. The van der Waals surface area contributed by atoms with E-state index in [9.17, 15) is 0 Å². The molecule has 0 aromatic heterocycles. The van der Waals surface area contributed by atoms with Crippen LogP contribution in [0.25, 0.3) is 55.6 Å². The van der Waals surface area contributed by atoms with Crippen LogP contribution in [0.1, 0.15) is 51.2 Å². The third-order valence-corrected chi connectivity index (χ3v) is 11.6. The Morgan fingerprint density at radius 1 is 0.707 bits per heavy atom. The first kappa shape index (κ1) is 38.6. The van der Waals surface area contributed by atoms with Crippen molar-refractivity contribution in [2.45, 2.75) is 45.4 Å². The molecule has 0 heterocycles. The Kier molecular flexibility index (Phi) is 11.1. The maximum atomic E-state index is 4.01. The van der Waals surface area contributed by atoms with E-state index in [2.05, 4.69) is 220 Å². The van der Waals surface area contributed by atoms with Gasteiger partial charge in [0.25, 0.3) is 0 Å². The second-order valence-electron chi connectivity index (χ2n) is 16.7. The van der Waals surface area contributed by atoms with Gasteiger partial charge in [-0.2, -0.15) is 0 Å². The highest BCUT2D eigenvalue weighted by Gasteiger charge is 2.23. The molecule has 0 fully saturated rings. The second kappa shape index (κ2) is 16.7. The van der Waals surface area contributed by atoms with Crippen LogP contribution in [0.5, 0.6) is 0 Å². The summed E-state index contributed by atoms with van der Waals surface area (Å²) in [6, 6.07) is 50.0. The summed E-state index contributed by atoms with van der Waals surface area (Å²) in [5.74, 6) is 0.223. The van der Waals surface area contributed by atoms with E-state index < -0.39 is 0 Å². The molecule has 7 aromatic carbocycles. The Balaban J connectivity index is 1.35. The lowest BCUT2D eigenvalue weighted by Gasteiger charge is -2.32. The van der Waals surface area contributed by atoms with E-state index in [4.69, 9.17) is 0 Å². The molecule has 1 aliphatic carbocycles. The maximum Gasteiger partial charge on any atom is 0.0757 e. The lowest BCUT2D eigenvalue weighted by atomic mass is 9.80. The molecule has 0 bridgehead atoms. The van der Waals surface area contributed by atoms with Gasteiger partial charge in [0.05, 0.1) is 6.67 Å². The van der Waals surface area contributed by atoms with Crippen molar-refractivity contribution >= 4 is 55.8 Å². The molecule has 0 saturated heterocycles. The van der Waals surface area contributed by atoms with Crippen molar-refractivity contribution in [2.75, 3.05) is 25.2 Å². The molecule has 0 amide bonds. The summed E-state index contributed by atoms with van der Waals surface area (Å²) in [5.41, 5.74) is 8.85. The number of nitrogens with zero attached hydrogens (tertiary/aromatic N) is 2. The van der Waals surface area contributed by atoms with Crippen LogP contribution in [-0.2, 0) is 5.41 Å². The zero-order chi connectivity index (χ0) is 40.2. The zero-order valence-electron chi connectivity index (χ0n) is 34.6. The Bertz CT molecular complexity index is 2850. The number of fused-ring (bicyclic) bond motifs is 4. The Morgan fingerprint density at radius 2 is 1.40 bits per heavy atom. The molecular formula is C56H54N2. The standard InChI is InChI=1S/C56H54N2/c1-7-9-10-18-40(17-8-2)38-57(6)39-58(48-31-29-47(30-32-48)56(3,4)5)49-33-34-52-53(37-49)55(46-28-26-42-20-12-14-22-44(42)36-46)51-24-16-15-23-50(51)54(52)45-27-25-41-19-11-13-21-43(41)35-45/h7-27,29-37,46H,2,28,38-39H2,1,3-6H3/b9-7-,18-10-,40-17-. The number of anilines is 2. The number of hydrogen-bond donors (Lipinski definition) is 0. The van der Waals surface area contributed by atoms with Gasteiger partial charge in [0.15, 0.2) is 0 Å². The van der Waals surface area contributed by atoms with Gasteiger partial charge in [-0.15, -0.1) is 0 Å². The summed E-state index contributed by atoms with van der Waals surface area (Å²) in [7, 11) is 2.21. The van der Waals surface area contributed by atoms with Crippen molar-refractivity contribution in [2.24, 2.45) is 0 Å². The summed E-state index contributed by atoms with van der Waals surface area (Å²) >= 11 is 0. The third-order valence-electron chi connectivity index (χ3n) is 11.6. The molecule has 0 N–H and O–H groups in total. The normalized spacial score (nSPS) is 14.7. The lowest BCUT2D eigenvalue weighted by molar-refractivity contribution is 0.374. The van der Waals surface area contributed by atoms with Gasteiger partial charge in [-0.3, -0.25) is 4.90 Å². The van der Waals surface area contributed by atoms with Crippen molar-refractivity contribution in [3.05, 3.63) is 204 Å². The minimum Gasteiger partial charge on any atom is -0.328 e. The summed E-state index contributed by atoms with van der Waals surface area (Å²) in [5, 5.41) is 10.3. The molecule has 0 radical (unpaired) electrons. The molecule has 1 unspecified atom stereocenters. The quantitative estimate of drug-likeness (QED) is 0.0737. The summed E-state index contributed by atoms with van der Waals surface area (Å²) in [4.78, 5) is 4.87. The van der Waals surface area contributed by atoms with Crippen LogP contribution in [0.4, 0.5) is 11.4 Å². The summed E-state index contributed by atoms with van der Waals surface area (Å²) in [6.07, 6.45) is 18.3. The highest BCUT2D eigenvalue weighted by molar-refractivity contribution is 6.17. The molecule has 2 heteroatoms. The third kappa shape index (κ3) is 7.99. The predicted octanol–water partition coefficient (Wildman–Crippen LogP) is 13.1. The number of rotatable bonds is 11. The van der Waals surface area contributed by atoms with E-state index in [0.29, 0.717) is 6.67 Å². The first-order chi connectivity index (χ1) is 28.2. The van der Waals surface area contributed by atoms with Crippen molar-refractivity contribution < 1.29 is 0 Å². The topological polar surface area (TPSA) is 6.48 Å². The molecule has 0 spiro atoms. The highest BCUT2D eigenvalue weighted by Crippen LogP contribution is 2.45. The SMILES string of the molecule is C=C/C=C(/C=C\C=C/C)CN(C)CN(c1ccc(C(C)(C)C)cc1)c1ccc2c(-c3ccc4ccccc4c3)c3ccccc3c(C3C=c4ccccc4=CC3)c2c1. The molecule has 1 aliphatic rings. The van der Waals surface area contributed by atoms with E-state index in [0.717, 1.165) is 13.0 Å². The van der Waals surface area contributed by atoms with Crippen LogP contribution in [0.15, 0.2) is 182 Å². The highest BCUT2D eigenvalue weighted by atomic mass is 15.3. The van der Waals surface area contributed by atoms with Gasteiger partial charge in [-0.1, -0.05) is 179 Å². The van der Waals surface area contributed by atoms with Gasteiger partial charge in [-0.25, -0.2) is 0 Å². The molecule has 2 nitrogen and oxygen atoms in total. The molecule has 7 aromatic rings. The van der Waals surface area contributed by atoms with Gasteiger partial charge >= 0.3 is 0 Å². The number of allylic oxidation sites excluding steroid dienone is 5. The van der Waals surface area contributed by atoms with Crippen molar-refractivity contribution in [3.8, 4) is 11.1 Å². The van der Waals surface area contributed by atoms with Gasteiger partial charge in [-0.05, 0) is 127 Å². The fourth-order valence-corrected chi connectivity index (χ4v) is 8.67. The molecule has 58 heavy (non-hydrogen) atoms. The molecular weight excluding hydrogens is 701 g/mol. The van der Waals surface area contributed by atoms with E-state index in [1.807, 2.05) is 13.0 Å². The van der Waals surface area contributed by atoms with Crippen LogP contribution >= 0.6 is 0 Å².